The van der Waals surface area contributed by atoms with Crippen molar-refractivity contribution in [2.24, 2.45) is 0 Å². The van der Waals surface area contributed by atoms with Crippen LogP contribution in [0, 0.1) is 13.8 Å². The molecule has 210 valence electrons. The second kappa shape index (κ2) is 11.0. The van der Waals surface area contributed by atoms with Gasteiger partial charge in [0.25, 0.3) is 6.43 Å². The number of aromatic nitrogens is 4. The van der Waals surface area contributed by atoms with Crippen molar-refractivity contribution >= 4 is 22.8 Å². The summed E-state index contributed by atoms with van der Waals surface area (Å²) in [5.41, 5.74) is 5.66. The normalized spacial score (nSPS) is 20.4. The first kappa shape index (κ1) is 27.1. The molecule has 5 heterocycles. The van der Waals surface area contributed by atoms with Crippen molar-refractivity contribution in [1.29, 1.82) is 0 Å². The van der Waals surface area contributed by atoms with Gasteiger partial charge >= 0.3 is 0 Å². The van der Waals surface area contributed by atoms with Crippen LogP contribution in [-0.2, 0) is 22.6 Å². The number of halogens is 2. The Labute approximate surface area is 235 Å². The fourth-order valence-electron chi connectivity index (χ4n) is 5.93. The minimum Gasteiger partial charge on any atom is -0.593 e. The number of alkyl halides is 2. The van der Waals surface area contributed by atoms with Gasteiger partial charge < -0.3 is 14.2 Å². The van der Waals surface area contributed by atoms with Gasteiger partial charge in [-0.3, -0.25) is 4.40 Å². The van der Waals surface area contributed by atoms with Crippen LogP contribution < -0.4 is 4.90 Å². The molecule has 3 unspecified atom stereocenters. The number of fused-ring (bicyclic) bond motifs is 4. The fraction of sp³-hybridized carbons (Fsp3) is 0.414. The number of pyridine rings is 2. The van der Waals surface area contributed by atoms with Crippen LogP contribution in [0.25, 0.3) is 5.65 Å². The standard InChI is InChI=1S/C29H32F2N6O2S/c1-4-23(24-9-11-37-27(19(24)3)33-34-29(37)26(30)31)20-8-7-18(2)21(14-20)15-35-16-22-17-39-13-12-36(22)28-25(40(35)38)6-5-10-32-28/h5-11,14,22-23,26H,4,12-13,15-17H2,1-3H3. The Morgan fingerprint density at radius 3 is 2.83 bits per heavy atom. The molecule has 2 aliphatic heterocycles. The van der Waals surface area contributed by atoms with Crippen LogP contribution in [0.5, 0.6) is 0 Å². The molecular weight excluding hydrogens is 534 g/mol. The first-order chi connectivity index (χ1) is 19.4. The third kappa shape index (κ3) is 4.74. The molecule has 2 aliphatic rings. The van der Waals surface area contributed by atoms with Gasteiger partial charge in [-0.1, -0.05) is 25.1 Å². The average molecular weight is 567 g/mol. The Bertz CT molecular complexity index is 1530. The molecule has 0 amide bonds. The number of morpholine rings is 1. The molecule has 8 nitrogen and oxygen atoms in total. The van der Waals surface area contributed by atoms with E-state index >= 15 is 0 Å². The number of aryl methyl sites for hydroxylation is 2. The van der Waals surface area contributed by atoms with E-state index in [4.69, 9.17) is 4.74 Å². The number of nitrogens with zero attached hydrogens (tertiary/aromatic N) is 6. The van der Waals surface area contributed by atoms with Crippen LogP contribution in [0.2, 0.25) is 0 Å². The predicted molar refractivity (Wildman–Crippen MR) is 149 cm³/mol. The third-order valence-corrected chi connectivity index (χ3v) is 9.52. The van der Waals surface area contributed by atoms with Gasteiger partial charge in [-0.15, -0.1) is 14.5 Å². The molecule has 11 heteroatoms. The first-order valence-corrected chi connectivity index (χ1v) is 14.7. The summed E-state index contributed by atoms with van der Waals surface area (Å²) in [6.45, 7) is 9.14. The molecule has 40 heavy (non-hydrogen) atoms. The molecular formula is C29H32F2N6O2S. The van der Waals surface area contributed by atoms with Crippen LogP contribution in [0.15, 0.2) is 53.7 Å². The highest BCUT2D eigenvalue weighted by atomic mass is 32.2. The lowest BCUT2D eigenvalue weighted by Gasteiger charge is -2.35. The summed E-state index contributed by atoms with van der Waals surface area (Å²) in [4.78, 5) is 7.56. The number of hydrogen-bond donors (Lipinski definition) is 0. The number of ether oxygens (including phenoxy) is 1. The molecule has 1 aromatic carbocycles. The van der Waals surface area contributed by atoms with Gasteiger partial charge in [-0.05, 0) is 60.2 Å². The lowest BCUT2D eigenvalue weighted by Crippen LogP contribution is -2.50. The SMILES string of the molecule is CCC(c1ccc(C)c(CN2CC3COCCN3c3ncccc3[S+]2[O-])c1)c1ccn2c(C(F)F)nnc2c1C. The van der Waals surface area contributed by atoms with Gasteiger partial charge in [0, 0.05) is 30.9 Å². The molecule has 0 spiro atoms. The minimum atomic E-state index is -2.69. The third-order valence-electron chi connectivity index (χ3n) is 8.08. The Balaban J connectivity index is 1.33. The molecule has 3 aromatic heterocycles. The van der Waals surface area contributed by atoms with Crippen LogP contribution in [0.3, 0.4) is 0 Å². The van der Waals surface area contributed by atoms with Crippen molar-refractivity contribution in [2.45, 2.75) is 57.0 Å². The highest BCUT2D eigenvalue weighted by Gasteiger charge is 2.39. The van der Waals surface area contributed by atoms with Crippen molar-refractivity contribution in [3.8, 4) is 0 Å². The van der Waals surface area contributed by atoms with Crippen LogP contribution in [0.1, 0.15) is 59.3 Å². The van der Waals surface area contributed by atoms with E-state index in [0.29, 0.717) is 32.0 Å². The van der Waals surface area contributed by atoms with Gasteiger partial charge in [-0.25, -0.2) is 13.8 Å². The van der Waals surface area contributed by atoms with Crippen LogP contribution in [0.4, 0.5) is 14.6 Å². The number of anilines is 1. The van der Waals surface area contributed by atoms with Gasteiger partial charge in [-0.2, -0.15) is 0 Å². The number of rotatable bonds is 6. The largest absolute Gasteiger partial charge is 0.593 e. The quantitative estimate of drug-likeness (QED) is 0.305. The molecule has 6 rings (SSSR count). The van der Waals surface area contributed by atoms with E-state index in [-0.39, 0.29) is 17.8 Å². The summed E-state index contributed by atoms with van der Waals surface area (Å²) in [6.07, 6.45) is 1.52. The minimum absolute atomic E-state index is 0.0397. The summed E-state index contributed by atoms with van der Waals surface area (Å²) < 4.78 is 49.8. The van der Waals surface area contributed by atoms with Crippen LogP contribution >= 0.6 is 0 Å². The van der Waals surface area contributed by atoms with Crippen LogP contribution in [-0.4, -0.2) is 60.8 Å². The van der Waals surface area contributed by atoms with Gasteiger partial charge in [0.1, 0.15) is 0 Å². The number of hydrogen-bond acceptors (Lipinski definition) is 7. The van der Waals surface area contributed by atoms with Crippen molar-refractivity contribution in [2.75, 3.05) is 31.2 Å². The second-order valence-corrected chi connectivity index (χ2v) is 11.9. The van der Waals surface area contributed by atoms with E-state index < -0.39 is 17.8 Å². The maximum absolute atomic E-state index is 13.9. The maximum Gasteiger partial charge on any atom is 0.297 e. The average Bonchev–Trinajstić information content (AvgIpc) is 3.37. The van der Waals surface area contributed by atoms with Crippen molar-refractivity contribution in [3.05, 3.63) is 82.4 Å². The van der Waals surface area contributed by atoms with Gasteiger partial charge in [0.2, 0.25) is 10.7 Å². The number of benzene rings is 1. The van der Waals surface area contributed by atoms with E-state index in [2.05, 4.69) is 52.1 Å². The Morgan fingerprint density at radius 2 is 2.02 bits per heavy atom. The summed E-state index contributed by atoms with van der Waals surface area (Å²) >= 11 is -1.38. The molecule has 0 radical (unpaired) electrons. The molecule has 3 atom stereocenters. The molecule has 4 aromatic rings. The van der Waals surface area contributed by atoms with Gasteiger partial charge in [0.05, 0.1) is 43.7 Å². The van der Waals surface area contributed by atoms with Crippen molar-refractivity contribution in [3.63, 3.8) is 0 Å². The van der Waals surface area contributed by atoms with E-state index in [9.17, 15) is 13.3 Å². The van der Waals surface area contributed by atoms with E-state index in [1.807, 2.05) is 29.4 Å². The lowest BCUT2D eigenvalue weighted by molar-refractivity contribution is 0.0878. The van der Waals surface area contributed by atoms with Gasteiger partial charge in [0.15, 0.2) is 11.5 Å². The highest BCUT2D eigenvalue weighted by Crippen LogP contribution is 2.36. The second-order valence-electron chi connectivity index (χ2n) is 10.4. The monoisotopic (exact) mass is 566 g/mol. The molecule has 0 bridgehead atoms. The van der Waals surface area contributed by atoms with E-state index in [1.165, 1.54) is 4.40 Å². The predicted octanol–water partition coefficient (Wildman–Crippen LogP) is 4.96. The Morgan fingerprint density at radius 1 is 1.18 bits per heavy atom. The fourth-order valence-corrected chi connectivity index (χ4v) is 7.29. The lowest BCUT2D eigenvalue weighted by atomic mass is 9.85. The summed E-state index contributed by atoms with van der Waals surface area (Å²) in [7, 11) is 0. The maximum atomic E-state index is 13.9. The molecule has 0 aliphatic carbocycles. The smallest absolute Gasteiger partial charge is 0.297 e. The zero-order valence-corrected chi connectivity index (χ0v) is 23.6. The highest BCUT2D eigenvalue weighted by molar-refractivity contribution is 7.89. The summed E-state index contributed by atoms with van der Waals surface area (Å²) in [5, 5.41) is 7.78. The topological polar surface area (TPSA) is 81.8 Å². The Hall–Kier alpha value is -3.12. The van der Waals surface area contributed by atoms with Crippen molar-refractivity contribution in [1.82, 2.24) is 23.9 Å². The molecule has 0 saturated carbocycles. The zero-order chi connectivity index (χ0) is 28.0. The summed E-state index contributed by atoms with van der Waals surface area (Å²) in [5.74, 6) is 0.472. The summed E-state index contributed by atoms with van der Waals surface area (Å²) in [6, 6.07) is 12.1. The molecule has 1 saturated heterocycles. The van der Waals surface area contributed by atoms with E-state index in [0.717, 1.165) is 51.5 Å². The first-order valence-electron chi connectivity index (χ1n) is 13.5. The Kier molecular flexibility index (Phi) is 7.47. The molecule has 0 N–H and O–H groups in total. The zero-order valence-electron chi connectivity index (χ0n) is 22.8. The van der Waals surface area contributed by atoms with E-state index in [1.54, 1.807) is 12.4 Å². The molecule has 1 fully saturated rings. The van der Waals surface area contributed by atoms with Crippen molar-refractivity contribution < 1.29 is 18.1 Å².